The van der Waals surface area contributed by atoms with Gasteiger partial charge in [-0.3, -0.25) is 0 Å². The van der Waals surface area contributed by atoms with Gasteiger partial charge in [-0.2, -0.15) is 0 Å². The lowest BCUT2D eigenvalue weighted by Crippen LogP contribution is -2.47. The Morgan fingerprint density at radius 3 is 2.39 bits per heavy atom. The van der Waals surface area contributed by atoms with Gasteiger partial charge in [0.25, 0.3) is 0 Å². The van der Waals surface area contributed by atoms with Gasteiger partial charge in [0.15, 0.2) is 0 Å². The minimum atomic E-state index is -1.11. The average Bonchev–Trinajstić information content (AvgIpc) is 3.28. The van der Waals surface area contributed by atoms with Crippen LogP contribution in [0, 0.1) is 5.92 Å². The standard InChI is InChI=1S/C35H43NO5/c1-5-6-19-35(4,41-22-24(2)3)21-31(33(37)38)36-34(39)40-23-30-27-16-10-11-17-28(27)32-26(15-12-18-29(30)32)20-25-13-8-7-9-14-25/h7-18,24,30-31H,5-6,19-23H2,1-4H3,(H,36,39)(H,37,38)/t30?,31?,35-/m0/s1. The molecule has 0 fully saturated rings. The Morgan fingerprint density at radius 1 is 0.976 bits per heavy atom. The Hall–Kier alpha value is -3.64. The van der Waals surface area contributed by atoms with Crippen LogP contribution in [0.3, 0.4) is 0 Å². The molecule has 0 spiro atoms. The van der Waals surface area contributed by atoms with Gasteiger partial charge in [-0.05, 0) is 59.1 Å². The highest BCUT2D eigenvalue weighted by atomic mass is 16.5. The number of benzene rings is 3. The van der Waals surface area contributed by atoms with Gasteiger partial charge >= 0.3 is 12.1 Å². The van der Waals surface area contributed by atoms with Crippen molar-refractivity contribution in [2.24, 2.45) is 5.92 Å². The first-order valence-corrected chi connectivity index (χ1v) is 14.8. The van der Waals surface area contributed by atoms with E-state index in [0.29, 0.717) is 12.5 Å². The maximum absolute atomic E-state index is 13.0. The van der Waals surface area contributed by atoms with Crippen LogP contribution in [-0.4, -0.2) is 42.0 Å². The Kier molecular flexibility index (Phi) is 10.2. The zero-order valence-electron chi connectivity index (χ0n) is 24.7. The summed E-state index contributed by atoms with van der Waals surface area (Å²) in [6.07, 6.45) is 2.86. The monoisotopic (exact) mass is 557 g/mol. The molecule has 218 valence electrons. The van der Waals surface area contributed by atoms with E-state index in [1.807, 2.05) is 25.1 Å². The van der Waals surface area contributed by atoms with Crippen molar-refractivity contribution in [1.82, 2.24) is 5.32 Å². The average molecular weight is 558 g/mol. The van der Waals surface area contributed by atoms with E-state index in [0.717, 1.165) is 42.4 Å². The molecule has 0 aliphatic heterocycles. The number of aliphatic carboxylic acids is 1. The number of hydrogen-bond donors (Lipinski definition) is 2. The molecule has 6 heteroatoms. The second-order valence-corrected chi connectivity index (χ2v) is 11.8. The molecule has 0 aromatic heterocycles. The maximum atomic E-state index is 13.0. The molecule has 1 aliphatic carbocycles. The normalized spacial score (nSPS) is 16.0. The predicted octanol–water partition coefficient (Wildman–Crippen LogP) is 7.58. The number of rotatable bonds is 14. The van der Waals surface area contributed by atoms with Gasteiger partial charge in [0.05, 0.1) is 5.60 Å². The van der Waals surface area contributed by atoms with E-state index in [4.69, 9.17) is 9.47 Å². The van der Waals surface area contributed by atoms with Crippen LogP contribution in [0.15, 0.2) is 72.8 Å². The molecule has 0 saturated heterocycles. The van der Waals surface area contributed by atoms with Crippen molar-refractivity contribution in [1.29, 1.82) is 0 Å². The number of carboxylic acids is 1. The van der Waals surface area contributed by atoms with Crippen LogP contribution in [0.2, 0.25) is 0 Å². The lowest BCUT2D eigenvalue weighted by Gasteiger charge is -2.33. The fraction of sp³-hybridized carbons (Fsp3) is 0.429. The molecule has 3 aromatic rings. The van der Waals surface area contributed by atoms with E-state index in [-0.39, 0.29) is 18.9 Å². The molecular weight excluding hydrogens is 514 g/mol. The van der Waals surface area contributed by atoms with Crippen molar-refractivity contribution < 1.29 is 24.2 Å². The number of unbranched alkanes of at least 4 members (excludes halogenated alkanes) is 1. The minimum absolute atomic E-state index is 0.119. The highest BCUT2D eigenvalue weighted by Crippen LogP contribution is 2.46. The SMILES string of the molecule is CCCC[C@@](C)(CC(NC(=O)OCC1c2ccccc2-c2c(Cc3ccccc3)cccc21)C(=O)O)OCC(C)C. The Labute approximate surface area is 244 Å². The van der Waals surface area contributed by atoms with Crippen molar-refractivity contribution in [2.75, 3.05) is 13.2 Å². The molecule has 0 saturated carbocycles. The molecule has 1 amide bonds. The summed E-state index contributed by atoms with van der Waals surface area (Å²) in [6, 6.07) is 23.8. The molecule has 4 rings (SSSR count). The van der Waals surface area contributed by atoms with E-state index < -0.39 is 23.7 Å². The number of carbonyl (C=O) groups is 2. The van der Waals surface area contributed by atoms with E-state index in [2.05, 4.69) is 80.7 Å². The summed E-state index contributed by atoms with van der Waals surface area (Å²) in [6.45, 7) is 8.81. The van der Waals surface area contributed by atoms with Crippen LogP contribution in [-0.2, 0) is 20.7 Å². The molecule has 0 radical (unpaired) electrons. The fourth-order valence-electron chi connectivity index (χ4n) is 5.70. The van der Waals surface area contributed by atoms with Crippen molar-refractivity contribution in [2.45, 2.75) is 77.4 Å². The predicted molar refractivity (Wildman–Crippen MR) is 162 cm³/mol. The second-order valence-electron chi connectivity index (χ2n) is 11.8. The van der Waals surface area contributed by atoms with Gasteiger partial charge < -0.3 is 19.9 Å². The molecule has 0 bridgehead atoms. The third-order valence-electron chi connectivity index (χ3n) is 7.83. The number of hydrogen-bond acceptors (Lipinski definition) is 4. The van der Waals surface area contributed by atoms with Gasteiger partial charge in [-0.1, -0.05) is 106 Å². The smallest absolute Gasteiger partial charge is 0.407 e. The molecule has 3 aromatic carbocycles. The Balaban J connectivity index is 1.48. The quantitative estimate of drug-likeness (QED) is 0.213. The van der Waals surface area contributed by atoms with Gasteiger partial charge in [0.2, 0.25) is 0 Å². The lowest BCUT2D eigenvalue weighted by atomic mass is 9.90. The number of carbonyl (C=O) groups excluding carboxylic acids is 1. The van der Waals surface area contributed by atoms with E-state index in [1.54, 1.807) is 0 Å². The largest absolute Gasteiger partial charge is 0.480 e. The van der Waals surface area contributed by atoms with Gasteiger partial charge in [0.1, 0.15) is 12.6 Å². The van der Waals surface area contributed by atoms with Crippen LogP contribution in [0.25, 0.3) is 11.1 Å². The second kappa shape index (κ2) is 13.8. The Bertz CT molecular complexity index is 1320. The number of ether oxygens (including phenoxy) is 2. The molecule has 2 N–H and O–H groups in total. The highest BCUT2D eigenvalue weighted by molar-refractivity contribution is 5.82. The third kappa shape index (κ3) is 7.76. The molecule has 0 heterocycles. The number of alkyl carbamates (subject to hydrolysis) is 1. The van der Waals surface area contributed by atoms with Crippen LogP contribution < -0.4 is 5.32 Å². The van der Waals surface area contributed by atoms with Crippen molar-refractivity contribution >= 4 is 12.1 Å². The van der Waals surface area contributed by atoms with Crippen LogP contribution in [0.5, 0.6) is 0 Å². The first kappa shape index (κ1) is 30.3. The lowest BCUT2D eigenvalue weighted by molar-refractivity contribution is -0.142. The zero-order chi connectivity index (χ0) is 29.4. The van der Waals surface area contributed by atoms with Gasteiger partial charge in [-0.25, -0.2) is 9.59 Å². The number of amides is 1. The van der Waals surface area contributed by atoms with Crippen LogP contribution in [0.1, 0.15) is 81.5 Å². The fourth-order valence-corrected chi connectivity index (χ4v) is 5.70. The number of nitrogens with one attached hydrogen (secondary N) is 1. The molecule has 41 heavy (non-hydrogen) atoms. The van der Waals surface area contributed by atoms with Crippen molar-refractivity contribution in [3.8, 4) is 11.1 Å². The Morgan fingerprint density at radius 2 is 1.68 bits per heavy atom. The summed E-state index contributed by atoms with van der Waals surface area (Å²) in [5.74, 6) is -0.905. The molecular formula is C35H43NO5. The first-order valence-electron chi connectivity index (χ1n) is 14.8. The van der Waals surface area contributed by atoms with E-state index in [9.17, 15) is 14.7 Å². The zero-order valence-corrected chi connectivity index (χ0v) is 24.7. The molecule has 1 aliphatic rings. The highest BCUT2D eigenvalue weighted by Gasteiger charge is 2.35. The summed E-state index contributed by atoms with van der Waals surface area (Å²) in [7, 11) is 0. The van der Waals surface area contributed by atoms with Crippen molar-refractivity contribution in [3.63, 3.8) is 0 Å². The molecule has 3 atom stereocenters. The molecule has 6 nitrogen and oxygen atoms in total. The third-order valence-corrected chi connectivity index (χ3v) is 7.83. The first-order chi connectivity index (χ1) is 19.7. The summed E-state index contributed by atoms with van der Waals surface area (Å²) in [4.78, 5) is 25.1. The van der Waals surface area contributed by atoms with Crippen LogP contribution in [0.4, 0.5) is 4.79 Å². The van der Waals surface area contributed by atoms with Gasteiger partial charge in [0, 0.05) is 18.9 Å². The molecule has 2 unspecified atom stereocenters. The van der Waals surface area contributed by atoms with Crippen molar-refractivity contribution in [3.05, 3.63) is 95.1 Å². The minimum Gasteiger partial charge on any atom is -0.480 e. The topological polar surface area (TPSA) is 84.9 Å². The maximum Gasteiger partial charge on any atom is 0.407 e. The van der Waals surface area contributed by atoms with E-state index >= 15 is 0 Å². The number of carboxylic acid groups (broad SMARTS) is 1. The van der Waals surface area contributed by atoms with Gasteiger partial charge in [-0.15, -0.1) is 0 Å². The van der Waals surface area contributed by atoms with Crippen LogP contribution >= 0.6 is 0 Å². The summed E-state index contributed by atoms with van der Waals surface area (Å²) in [5.41, 5.74) is 6.39. The summed E-state index contributed by atoms with van der Waals surface area (Å²) < 4.78 is 11.9. The number of fused-ring (bicyclic) bond motifs is 3. The summed E-state index contributed by atoms with van der Waals surface area (Å²) in [5, 5.41) is 12.6. The van der Waals surface area contributed by atoms with E-state index in [1.165, 1.54) is 16.7 Å². The summed E-state index contributed by atoms with van der Waals surface area (Å²) >= 11 is 0.